The number of ether oxygens (including phenoxy) is 1. The molecule has 1 aliphatic heterocycles. The van der Waals surface area contributed by atoms with Crippen molar-refractivity contribution in [1.82, 2.24) is 0 Å². The molecular weight excluding hydrogens is 208 g/mol. The second-order valence-electron chi connectivity index (χ2n) is 4.65. The van der Waals surface area contributed by atoms with Crippen molar-refractivity contribution in [3.05, 3.63) is 33.9 Å². The Bertz CT molecular complexity index is 443. The van der Waals surface area contributed by atoms with Gasteiger partial charge in [-0.25, -0.2) is 0 Å². The zero-order valence-corrected chi connectivity index (χ0v) is 9.27. The van der Waals surface area contributed by atoms with Gasteiger partial charge >= 0.3 is 0 Å². The maximum absolute atomic E-state index is 10.6. The summed E-state index contributed by atoms with van der Waals surface area (Å²) in [6.07, 6.45) is 0.654. The first-order valence-corrected chi connectivity index (χ1v) is 5.12. The number of nitrogens with two attached hydrogens (primary N) is 1. The van der Waals surface area contributed by atoms with Gasteiger partial charge in [0, 0.05) is 30.2 Å². The number of rotatable bonds is 1. The molecule has 1 heterocycles. The predicted molar refractivity (Wildman–Crippen MR) is 59.3 cm³/mol. The summed E-state index contributed by atoms with van der Waals surface area (Å²) in [6, 6.07) is 4.34. The Morgan fingerprint density at radius 2 is 2.25 bits per heavy atom. The first kappa shape index (κ1) is 10.9. The second kappa shape index (κ2) is 3.45. The van der Waals surface area contributed by atoms with E-state index in [9.17, 15) is 10.1 Å². The van der Waals surface area contributed by atoms with Crippen LogP contribution in [-0.4, -0.2) is 10.5 Å². The van der Waals surface area contributed by atoms with Crippen LogP contribution in [0.2, 0.25) is 0 Å². The molecule has 0 saturated carbocycles. The lowest BCUT2D eigenvalue weighted by Gasteiger charge is -2.35. The number of non-ortho nitro benzene ring substituents is 1. The maximum atomic E-state index is 10.6. The van der Waals surface area contributed by atoms with Crippen LogP contribution in [0.15, 0.2) is 18.2 Å². The Balaban J connectivity index is 2.45. The smallest absolute Gasteiger partial charge is 0.270 e. The van der Waals surface area contributed by atoms with Crippen LogP contribution in [0, 0.1) is 10.1 Å². The van der Waals surface area contributed by atoms with Crippen LogP contribution >= 0.6 is 0 Å². The van der Waals surface area contributed by atoms with Gasteiger partial charge in [0.25, 0.3) is 5.69 Å². The number of benzene rings is 1. The molecule has 0 radical (unpaired) electrons. The number of nitro groups is 1. The normalized spacial score (nSPS) is 22.1. The number of fused-ring (bicyclic) bond motifs is 1. The standard InChI is InChI=1S/C11H14N2O3/c1-11(2)6-9(12)8-5-7(13(14)15)3-4-10(8)16-11/h3-5,9H,6,12H2,1-2H3. The summed E-state index contributed by atoms with van der Waals surface area (Å²) in [5, 5.41) is 10.6. The lowest BCUT2D eigenvalue weighted by Crippen LogP contribution is -2.37. The number of nitro benzene ring substituents is 1. The molecule has 5 nitrogen and oxygen atoms in total. The van der Waals surface area contributed by atoms with Crippen molar-refractivity contribution in [2.45, 2.75) is 31.9 Å². The minimum atomic E-state index is -0.424. The van der Waals surface area contributed by atoms with Crippen molar-refractivity contribution < 1.29 is 9.66 Å². The molecule has 16 heavy (non-hydrogen) atoms. The molecule has 0 aromatic heterocycles. The number of hydrogen-bond donors (Lipinski definition) is 1. The van der Waals surface area contributed by atoms with Gasteiger partial charge in [0.1, 0.15) is 11.4 Å². The molecule has 1 atom stereocenters. The van der Waals surface area contributed by atoms with E-state index in [1.54, 1.807) is 6.07 Å². The lowest BCUT2D eigenvalue weighted by atomic mass is 9.90. The fourth-order valence-corrected chi connectivity index (χ4v) is 2.01. The van der Waals surface area contributed by atoms with Crippen LogP contribution in [0.5, 0.6) is 5.75 Å². The molecule has 1 aromatic rings. The van der Waals surface area contributed by atoms with Crippen molar-refractivity contribution in [2.75, 3.05) is 0 Å². The fourth-order valence-electron chi connectivity index (χ4n) is 2.01. The van der Waals surface area contributed by atoms with E-state index in [0.717, 1.165) is 0 Å². The molecule has 1 unspecified atom stereocenters. The average molecular weight is 222 g/mol. The van der Waals surface area contributed by atoms with Crippen molar-refractivity contribution in [1.29, 1.82) is 0 Å². The van der Waals surface area contributed by atoms with Crippen LogP contribution < -0.4 is 10.5 Å². The molecule has 2 rings (SSSR count). The Morgan fingerprint density at radius 3 is 2.88 bits per heavy atom. The van der Waals surface area contributed by atoms with E-state index in [1.807, 2.05) is 13.8 Å². The third-order valence-corrected chi connectivity index (χ3v) is 2.70. The molecule has 0 saturated heterocycles. The van der Waals surface area contributed by atoms with Crippen LogP contribution in [0.1, 0.15) is 31.9 Å². The van der Waals surface area contributed by atoms with E-state index in [-0.39, 0.29) is 17.3 Å². The largest absolute Gasteiger partial charge is 0.487 e. The number of nitrogens with zero attached hydrogens (tertiary/aromatic N) is 1. The Hall–Kier alpha value is -1.62. The SMILES string of the molecule is CC1(C)CC(N)c2cc([N+](=O)[O-])ccc2O1. The molecule has 1 aromatic carbocycles. The van der Waals surface area contributed by atoms with Gasteiger partial charge in [0.15, 0.2) is 0 Å². The molecule has 0 aliphatic carbocycles. The Labute approximate surface area is 93.4 Å². The number of hydrogen-bond acceptors (Lipinski definition) is 4. The molecule has 5 heteroatoms. The van der Waals surface area contributed by atoms with Crippen molar-refractivity contribution in [3.8, 4) is 5.75 Å². The van der Waals surface area contributed by atoms with Crippen LogP contribution in [-0.2, 0) is 0 Å². The first-order valence-electron chi connectivity index (χ1n) is 5.12. The molecule has 0 amide bonds. The molecule has 1 aliphatic rings. The predicted octanol–water partition coefficient (Wildman–Crippen LogP) is 2.16. The van der Waals surface area contributed by atoms with E-state index >= 15 is 0 Å². The van der Waals surface area contributed by atoms with Gasteiger partial charge in [-0.2, -0.15) is 0 Å². The van der Waals surface area contributed by atoms with Crippen LogP contribution in [0.3, 0.4) is 0 Å². The zero-order valence-electron chi connectivity index (χ0n) is 9.27. The lowest BCUT2D eigenvalue weighted by molar-refractivity contribution is -0.385. The van der Waals surface area contributed by atoms with Crippen LogP contribution in [0.4, 0.5) is 5.69 Å². The maximum Gasteiger partial charge on any atom is 0.270 e. The molecular formula is C11H14N2O3. The van der Waals surface area contributed by atoms with E-state index in [2.05, 4.69) is 0 Å². The van der Waals surface area contributed by atoms with Gasteiger partial charge in [0.05, 0.1) is 4.92 Å². The molecule has 2 N–H and O–H groups in total. The molecule has 0 bridgehead atoms. The van der Waals surface area contributed by atoms with E-state index in [1.165, 1.54) is 12.1 Å². The minimum absolute atomic E-state index is 0.0532. The topological polar surface area (TPSA) is 78.4 Å². The quantitative estimate of drug-likeness (QED) is 0.583. The summed E-state index contributed by atoms with van der Waals surface area (Å²) in [5.74, 6) is 0.648. The van der Waals surface area contributed by atoms with Crippen molar-refractivity contribution >= 4 is 5.69 Å². The highest BCUT2D eigenvalue weighted by molar-refractivity contribution is 5.46. The molecule has 86 valence electrons. The van der Waals surface area contributed by atoms with Crippen molar-refractivity contribution in [2.24, 2.45) is 5.73 Å². The molecule has 0 fully saturated rings. The third-order valence-electron chi connectivity index (χ3n) is 2.70. The fraction of sp³-hybridized carbons (Fsp3) is 0.455. The van der Waals surface area contributed by atoms with Gasteiger partial charge in [-0.05, 0) is 19.9 Å². The average Bonchev–Trinajstić information content (AvgIpc) is 2.15. The summed E-state index contributed by atoms with van der Waals surface area (Å²) in [5.41, 5.74) is 6.44. The summed E-state index contributed by atoms with van der Waals surface area (Å²) in [4.78, 5) is 10.2. The summed E-state index contributed by atoms with van der Waals surface area (Å²) < 4.78 is 5.72. The van der Waals surface area contributed by atoms with Crippen LogP contribution in [0.25, 0.3) is 0 Å². The Morgan fingerprint density at radius 1 is 1.56 bits per heavy atom. The summed E-state index contributed by atoms with van der Waals surface area (Å²) in [6.45, 7) is 3.91. The van der Waals surface area contributed by atoms with E-state index < -0.39 is 4.92 Å². The highest BCUT2D eigenvalue weighted by atomic mass is 16.6. The Kier molecular flexibility index (Phi) is 2.35. The van der Waals surface area contributed by atoms with Gasteiger partial charge in [-0.15, -0.1) is 0 Å². The summed E-state index contributed by atoms with van der Waals surface area (Å²) >= 11 is 0. The molecule has 0 spiro atoms. The monoisotopic (exact) mass is 222 g/mol. The second-order valence-corrected chi connectivity index (χ2v) is 4.65. The third kappa shape index (κ3) is 1.86. The first-order chi connectivity index (χ1) is 7.39. The highest BCUT2D eigenvalue weighted by Gasteiger charge is 2.32. The minimum Gasteiger partial charge on any atom is -0.487 e. The van der Waals surface area contributed by atoms with Gasteiger partial charge in [-0.3, -0.25) is 10.1 Å². The van der Waals surface area contributed by atoms with Gasteiger partial charge in [0.2, 0.25) is 0 Å². The van der Waals surface area contributed by atoms with E-state index in [0.29, 0.717) is 17.7 Å². The highest BCUT2D eigenvalue weighted by Crippen LogP contribution is 2.39. The van der Waals surface area contributed by atoms with Crippen molar-refractivity contribution in [3.63, 3.8) is 0 Å². The van der Waals surface area contributed by atoms with Gasteiger partial charge < -0.3 is 10.5 Å². The van der Waals surface area contributed by atoms with E-state index in [4.69, 9.17) is 10.5 Å². The zero-order chi connectivity index (χ0) is 11.9. The summed E-state index contributed by atoms with van der Waals surface area (Å²) in [7, 11) is 0. The van der Waals surface area contributed by atoms with Gasteiger partial charge in [-0.1, -0.05) is 0 Å².